The van der Waals surface area contributed by atoms with E-state index in [1.807, 2.05) is 13.8 Å². The Morgan fingerprint density at radius 3 is 2.95 bits per heavy atom. The monoisotopic (exact) mass is 295 g/mol. The van der Waals surface area contributed by atoms with Crippen molar-refractivity contribution in [3.8, 4) is 0 Å². The first-order valence-electron chi connectivity index (χ1n) is 7.38. The number of carbonyl (C=O) groups excluding carboxylic acids is 1. The second-order valence-corrected chi connectivity index (χ2v) is 5.94. The molecule has 1 unspecified atom stereocenters. The standard InChI is InChI=1S/C14H25N5O2/c1-10(2)12-6-14(21-17-12)16-13(20)9-19-5-4-18(3)8-11(19)7-15/h6,10-11H,4-5,7-9,15H2,1-3H3,(H,16,20). The Bertz CT molecular complexity index is 474. The quantitative estimate of drug-likeness (QED) is 0.813. The number of amides is 1. The molecular weight excluding hydrogens is 270 g/mol. The first-order chi connectivity index (χ1) is 9.99. The summed E-state index contributed by atoms with van der Waals surface area (Å²) in [4.78, 5) is 16.5. The van der Waals surface area contributed by atoms with Gasteiger partial charge >= 0.3 is 0 Å². The van der Waals surface area contributed by atoms with Crippen molar-refractivity contribution in [2.75, 3.05) is 45.1 Å². The zero-order valence-corrected chi connectivity index (χ0v) is 13.0. The highest BCUT2D eigenvalue weighted by atomic mass is 16.5. The van der Waals surface area contributed by atoms with E-state index in [0.717, 1.165) is 25.3 Å². The van der Waals surface area contributed by atoms with Crippen LogP contribution in [0.4, 0.5) is 5.88 Å². The van der Waals surface area contributed by atoms with E-state index in [0.29, 0.717) is 19.0 Å². The largest absolute Gasteiger partial charge is 0.338 e. The summed E-state index contributed by atoms with van der Waals surface area (Å²) in [5, 5.41) is 6.68. The highest BCUT2D eigenvalue weighted by Gasteiger charge is 2.25. The summed E-state index contributed by atoms with van der Waals surface area (Å²) < 4.78 is 5.12. The fraction of sp³-hybridized carbons (Fsp3) is 0.714. The van der Waals surface area contributed by atoms with Crippen LogP contribution >= 0.6 is 0 Å². The van der Waals surface area contributed by atoms with Gasteiger partial charge in [-0.3, -0.25) is 15.0 Å². The summed E-state index contributed by atoms with van der Waals surface area (Å²) in [6.45, 7) is 7.62. The molecule has 1 fully saturated rings. The number of hydrogen-bond acceptors (Lipinski definition) is 6. The van der Waals surface area contributed by atoms with E-state index in [2.05, 4.69) is 27.3 Å². The number of likely N-dealkylation sites (N-methyl/N-ethyl adjacent to an activating group) is 1. The van der Waals surface area contributed by atoms with Gasteiger partial charge in [-0.05, 0) is 13.0 Å². The lowest BCUT2D eigenvalue weighted by Crippen LogP contribution is -2.56. The van der Waals surface area contributed by atoms with Crippen molar-refractivity contribution < 1.29 is 9.32 Å². The molecular formula is C14H25N5O2. The first kappa shape index (κ1) is 15.9. The maximum absolute atomic E-state index is 12.1. The number of anilines is 1. The van der Waals surface area contributed by atoms with Crippen molar-refractivity contribution in [2.45, 2.75) is 25.8 Å². The molecule has 1 aromatic heterocycles. The Balaban J connectivity index is 1.88. The van der Waals surface area contributed by atoms with Gasteiger partial charge in [0.1, 0.15) is 0 Å². The van der Waals surface area contributed by atoms with Gasteiger partial charge in [-0.2, -0.15) is 0 Å². The Kier molecular flexibility index (Phi) is 5.33. The van der Waals surface area contributed by atoms with E-state index >= 15 is 0 Å². The molecule has 21 heavy (non-hydrogen) atoms. The van der Waals surface area contributed by atoms with E-state index in [1.54, 1.807) is 6.07 Å². The fourth-order valence-corrected chi connectivity index (χ4v) is 2.46. The molecule has 1 atom stereocenters. The third kappa shape index (κ3) is 4.26. The van der Waals surface area contributed by atoms with E-state index < -0.39 is 0 Å². The maximum atomic E-state index is 12.1. The maximum Gasteiger partial charge on any atom is 0.240 e. The lowest BCUT2D eigenvalue weighted by Gasteiger charge is -2.38. The molecule has 1 aliphatic heterocycles. The molecule has 0 aromatic carbocycles. The van der Waals surface area contributed by atoms with Crippen molar-refractivity contribution in [2.24, 2.45) is 5.73 Å². The zero-order chi connectivity index (χ0) is 15.4. The number of piperazine rings is 1. The van der Waals surface area contributed by atoms with E-state index in [9.17, 15) is 4.79 Å². The molecule has 118 valence electrons. The van der Waals surface area contributed by atoms with Crippen molar-refractivity contribution in [1.29, 1.82) is 0 Å². The van der Waals surface area contributed by atoms with Crippen molar-refractivity contribution in [3.63, 3.8) is 0 Å². The molecule has 0 spiro atoms. The molecule has 7 nitrogen and oxygen atoms in total. The van der Waals surface area contributed by atoms with E-state index in [4.69, 9.17) is 10.3 Å². The molecule has 1 aliphatic rings. The lowest BCUT2D eigenvalue weighted by molar-refractivity contribution is -0.118. The minimum absolute atomic E-state index is 0.0931. The Hall–Kier alpha value is -1.44. The smallest absolute Gasteiger partial charge is 0.240 e. The molecule has 0 radical (unpaired) electrons. The summed E-state index contributed by atoms with van der Waals surface area (Å²) >= 11 is 0. The van der Waals surface area contributed by atoms with Crippen molar-refractivity contribution in [1.82, 2.24) is 15.0 Å². The van der Waals surface area contributed by atoms with Gasteiger partial charge in [0.05, 0.1) is 12.2 Å². The van der Waals surface area contributed by atoms with Gasteiger partial charge in [0.15, 0.2) is 0 Å². The highest BCUT2D eigenvalue weighted by Crippen LogP contribution is 2.17. The molecule has 0 saturated carbocycles. The van der Waals surface area contributed by atoms with Gasteiger partial charge in [-0.1, -0.05) is 19.0 Å². The van der Waals surface area contributed by atoms with E-state index in [-0.39, 0.29) is 17.9 Å². The minimum atomic E-state index is -0.0931. The number of nitrogens with one attached hydrogen (secondary N) is 1. The molecule has 1 aromatic rings. The number of nitrogens with two attached hydrogens (primary N) is 1. The zero-order valence-electron chi connectivity index (χ0n) is 13.0. The number of hydrogen-bond donors (Lipinski definition) is 2. The summed E-state index contributed by atoms with van der Waals surface area (Å²) in [7, 11) is 2.07. The van der Waals surface area contributed by atoms with Crippen LogP contribution in [-0.2, 0) is 4.79 Å². The van der Waals surface area contributed by atoms with Crippen LogP contribution in [0.15, 0.2) is 10.6 Å². The number of carbonyl (C=O) groups is 1. The summed E-state index contributed by atoms with van der Waals surface area (Å²) in [6, 6.07) is 1.99. The van der Waals surface area contributed by atoms with Crippen LogP contribution in [0.2, 0.25) is 0 Å². The normalized spacial score (nSPS) is 20.9. The van der Waals surface area contributed by atoms with Crippen molar-refractivity contribution in [3.05, 3.63) is 11.8 Å². The van der Waals surface area contributed by atoms with Crippen LogP contribution < -0.4 is 11.1 Å². The third-order valence-corrected chi connectivity index (χ3v) is 3.81. The van der Waals surface area contributed by atoms with Gasteiger partial charge in [-0.15, -0.1) is 0 Å². The van der Waals surface area contributed by atoms with Gasteiger partial charge in [0.25, 0.3) is 0 Å². The predicted octanol–water partition coefficient (Wildman–Crippen LogP) is 0.311. The average Bonchev–Trinajstić information content (AvgIpc) is 2.89. The van der Waals surface area contributed by atoms with Crippen LogP contribution in [0.25, 0.3) is 0 Å². The molecule has 2 heterocycles. The van der Waals surface area contributed by atoms with Gasteiger partial charge in [0.2, 0.25) is 11.8 Å². The van der Waals surface area contributed by atoms with E-state index in [1.165, 1.54) is 0 Å². The molecule has 2 rings (SSSR count). The topological polar surface area (TPSA) is 87.6 Å². The van der Waals surface area contributed by atoms with Gasteiger partial charge < -0.3 is 15.2 Å². The van der Waals surface area contributed by atoms with Crippen LogP contribution in [-0.4, -0.2) is 66.7 Å². The third-order valence-electron chi connectivity index (χ3n) is 3.81. The molecule has 1 saturated heterocycles. The Morgan fingerprint density at radius 2 is 2.33 bits per heavy atom. The second kappa shape index (κ2) is 7.02. The highest BCUT2D eigenvalue weighted by molar-refractivity contribution is 5.91. The number of aromatic nitrogens is 1. The minimum Gasteiger partial charge on any atom is -0.338 e. The SMILES string of the molecule is CC(C)c1cc(NC(=O)CN2CCN(C)CC2CN)on1. The lowest BCUT2D eigenvalue weighted by atomic mass is 10.1. The average molecular weight is 295 g/mol. The summed E-state index contributed by atoms with van der Waals surface area (Å²) in [5.41, 5.74) is 6.63. The van der Waals surface area contributed by atoms with Gasteiger partial charge in [-0.25, -0.2) is 0 Å². The summed E-state index contributed by atoms with van der Waals surface area (Å²) in [6.07, 6.45) is 0. The predicted molar refractivity (Wildman–Crippen MR) is 81.1 cm³/mol. The number of nitrogens with zero attached hydrogens (tertiary/aromatic N) is 3. The Labute approximate surface area is 125 Å². The second-order valence-electron chi connectivity index (χ2n) is 5.94. The van der Waals surface area contributed by atoms with Crippen LogP contribution in [0.1, 0.15) is 25.5 Å². The van der Waals surface area contributed by atoms with Gasteiger partial charge in [0, 0.05) is 38.3 Å². The molecule has 7 heteroatoms. The molecule has 0 bridgehead atoms. The van der Waals surface area contributed by atoms with Crippen LogP contribution in [0.5, 0.6) is 0 Å². The molecule has 0 aliphatic carbocycles. The van der Waals surface area contributed by atoms with Crippen LogP contribution in [0, 0.1) is 0 Å². The first-order valence-corrected chi connectivity index (χ1v) is 7.38. The summed E-state index contributed by atoms with van der Waals surface area (Å²) in [5.74, 6) is 0.588. The van der Waals surface area contributed by atoms with Crippen molar-refractivity contribution >= 4 is 11.8 Å². The van der Waals surface area contributed by atoms with Crippen LogP contribution in [0.3, 0.4) is 0 Å². The fourth-order valence-electron chi connectivity index (χ4n) is 2.46. The number of rotatable bonds is 5. The molecule has 3 N–H and O–H groups in total. The Morgan fingerprint density at radius 1 is 1.57 bits per heavy atom. The molecule has 1 amide bonds.